The third-order valence-corrected chi connectivity index (χ3v) is 6.64. The summed E-state index contributed by atoms with van der Waals surface area (Å²) in [6.45, 7) is 1.85. The average Bonchev–Trinajstić information content (AvgIpc) is 2.74. The number of morpholine rings is 1. The van der Waals surface area contributed by atoms with Crippen molar-refractivity contribution < 1.29 is 27.1 Å². The van der Waals surface area contributed by atoms with Gasteiger partial charge in [0, 0.05) is 18.1 Å². The molecule has 162 valence electrons. The van der Waals surface area contributed by atoms with Gasteiger partial charge in [0.2, 0.25) is 15.9 Å². The highest BCUT2D eigenvalue weighted by molar-refractivity contribution is 7.89. The number of sulfonamides is 1. The summed E-state index contributed by atoms with van der Waals surface area (Å²) in [4.78, 5) is 12.1. The minimum absolute atomic E-state index is 0.100. The highest BCUT2D eigenvalue weighted by atomic mass is 35.5. The fourth-order valence-corrected chi connectivity index (χ4v) is 4.47. The molecule has 2 aromatic rings. The molecule has 1 amide bonds. The van der Waals surface area contributed by atoms with Crippen LogP contribution in [0.5, 0.6) is 5.75 Å². The molecular formula is C20H22ClFN2O5S. The van der Waals surface area contributed by atoms with E-state index in [4.69, 9.17) is 21.1 Å². The number of carbonyl (C=O) groups is 1. The molecule has 1 heterocycles. The number of halogens is 2. The largest absolute Gasteiger partial charge is 0.492 e. The van der Waals surface area contributed by atoms with Gasteiger partial charge in [-0.05, 0) is 42.0 Å². The van der Waals surface area contributed by atoms with Crippen LogP contribution in [0.1, 0.15) is 5.56 Å². The van der Waals surface area contributed by atoms with Gasteiger partial charge >= 0.3 is 0 Å². The lowest BCUT2D eigenvalue weighted by Gasteiger charge is -2.26. The van der Waals surface area contributed by atoms with Crippen LogP contribution in [0.2, 0.25) is 5.02 Å². The van der Waals surface area contributed by atoms with E-state index in [1.807, 2.05) is 0 Å². The number of rotatable bonds is 8. The first kappa shape index (κ1) is 22.5. The molecule has 1 aliphatic rings. The quantitative estimate of drug-likeness (QED) is 0.616. The van der Waals surface area contributed by atoms with Gasteiger partial charge in [-0.3, -0.25) is 4.79 Å². The number of benzene rings is 2. The van der Waals surface area contributed by atoms with Gasteiger partial charge in [-0.15, -0.1) is 0 Å². The molecule has 10 heteroatoms. The molecule has 1 N–H and O–H groups in total. The van der Waals surface area contributed by atoms with Crippen molar-refractivity contribution in [3.63, 3.8) is 0 Å². The van der Waals surface area contributed by atoms with E-state index in [0.29, 0.717) is 32.1 Å². The molecule has 0 aromatic heterocycles. The molecule has 3 rings (SSSR count). The van der Waals surface area contributed by atoms with Gasteiger partial charge in [0.25, 0.3) is 0 Å². The Morgan fingerprint density at radius 2 is 1.87 bits per heavy atom. The molecule has 0 radical (unpaired) electrons. The van der Waals surface area contributed by atoms with Gasteiger partial charge in [-0.25, -0.2) is 12.8 Å². The first-order chi connectivity index (χ1) is 14.4. The summed E-state index contributed by atoms with van der Waals surface area (Å²) in [5, 5.41) is 2.92. The van der Waals surface area contributed by atoms with Crippen molar-refractivity contribution in [2.24, 2.45) is 0 Å². The van der Waals surface area contributed by atoms with Gasteiger partial charge < -0.3 is 14.8 Å². The fraction of sp³-hybridized carbons (Fsp3) is 0.350. The second-order valence-electron chi connectivity index (χ2n) is 6.60. The molecule has 0 bridgehead atoms. The van der Waals surface area contributed by atoms with Gasteiger partial charge in [0.1, 0.15) is 18.2 Å². The summed E-state index contributed by atoms with van der Waals surface area (Å²) in [5.74, 6) is -0.387. The number of nitrogens with one attached hydrogen (secondary N) is 1. The monoisotopic (exact) mass is 456 g/mol. The van der Waals surface area contributed by atoms with Crippen molar-refractivity contribution >= 4 is 27.5 Å². The molecule has 1 aliphatic heterocycles. The molecule has 1 fully saturated rings. The summed E-state index contributed by atoms with van der Waals surface area (Å²) < 4.78 is 51.0. The maximum absolute atomic E-state index is 13.7. The smallest absolute Gasteiger partial charge is 0.243 e. The van der Waals surface area contributed by atoms with Crippen molar-refractivity contribution in [3.8, 4) is 5.75 Å². The Kier molecular flexibility index (Phi) is 7.65. The number of nitrogens with zero attached hydrogens (tertiary/aromatic N) is 1. The molecule has 30 heavy (non-hydrogen) atoms. The second-order valence-corrected chi connectivity index (χ2v) is 8.97. The highest BCUT2D eigenvalue weighted by Gasteiger charge is 2.26. The van der Waals surface area contributed by atoms with Crippen LogP contribution in [0.4, 0.5) is 4.39 Å². The maximum atomic E-state index is 13.7. The van der Waals surface area contributed by atoms with Gasteiger partial charge in [0.15, 0.2) is 0 Å². The lowest BCUT2D eigenvalue weighted by Crippen LogP contribution is -2.40. The van der Waals surface area contributed by atoms with E-state index >= 15 is 0 Å². The Bertz CT molecular complexity index is 979. The van der Waals surface area contributed by atoms with E-state index in [9.17, 15) is 17.6 Å². The Hall–Kier alpha value is -2.20. The van der Waals surface area contributed by atoms with Crippen LogP contribution in [-0.4, -0.2) is 58.1 Å². The maximum Gasteiger partial charge on any atom is 0.243 e. The zero-order valence-electron chi connectivity index (χ0n) is 16.1. The summed E-state index contributed by atoms with van der Waals surface area (Å²) in [6, 6.07) is 10.3. The van der Waals surface area contributed by atoms with Crippen LogP contribution < -0.4 is 10.1 Å². The molecule has 0 aliphatic carbocycles. The third kappa shape index (κ3) is 5.91. The van der Waals surface area contributed by atoms with Crippen molar-refractivity contribution in [2.45, 2.75) is 11.3 Å². The molecular weight excluding hydrogens is 435 g/mol. The molecule has 0 atom stereocenters. The van der Waals surface area contributed by atoms with Crippen LogP contribution in [-0.2, 0) is 26.0 Å². The van der Waals surface area contributed by atoms with E-state index in [0.717, 1.165) is 6.07 Å². The summed E-state index contributed by atoms with van der Waals surface area (Å²) in [5.41, 5.74) is 0.259. The van der Waals surface area contributed by atoms with Gasteiger partial charge in [-0.2, -0.15) is 4.31 Å². The molecule has 2 aromatic carbocycles. The van der Waals surface area contributed by atoms with E-state index in [1.165, 1.54) is 28.6 Å². The van der Waals surface area contributed by atoms with E-state index in [1.54, 1.807) is 12.1 Å². The zero-order valence-corrected chi connectivity index (χ0v) is 17.7. The van der Waals surface area contributed by atoms with Crippen molar-refractivity contribution in [2.75, 3.05) is 39.5 Å². The standard InChI is InChI=1S/C20H22ClFN2O5S/c21-16-2-1-15(19(22)14-16)13-20(25)23-7-10-29-17-3-5-18(6-4-17)30(26,27)24-8-11-28-12-9-24/h1-6,14H,7-13H2,(H,23,25). The van der Waals surface area contributed by atoms with Crippen LogP contribution in [0.15, 0.2) is 47.4 Å². The number of hydrogen-bond donors (Lipinski definition) is 1. The molecule has 0 spiro atoms. The molecule has 1 saturated heterocycles. The minimum Gasteiger partial charge on any atom is -0.492 e. The average molecular weight is 457 g/mol. The molecule has 0 saturated carbocycles. The number of ether oxygens (including phenoxy) is 2. The van der Waals surface area contributed by atoms with Crippen LogP contribution in [0, 0.1) is 5.82 Å². The lowest BCUT2D eigenvalue weighted by atomic mass is 10.1. The summed E-state index contributed by atoms with van der Waals surface area (Å²) in [6.07, 6.45) is -0.100. The molecule has 0 unspecified atom stereocenters. The first-order valence-corrected chi connectivity index (χ1v) is 11.2. The first-order valence-electron chi connectivity index (χ1n) is 9.37. The third-order valence-electron chi connectivity index (χ3n) is 4.49. The van der Waals surface area contributed by atoms with E-state index in [-0.39, 0.29) is 41.0 Å². The minimum atomic E-state index is -3.55. The molecule has 7 nitrogen and oxygen atoms in total. The Labute approximate surface area is 179 Å². The number of amides is 1. The van der Waals surface area contributed by atoms with E-state index in [2.05, 4.69) is 5.32 Å². The van der Waals surface area contributed by atoms with Crippen LogP contribution in [0.3, 0.4) is 0 Å². The number of hydrogen-bond acceptors (Lipinski definition) is 5. The summed E-state index contributed by atoms with van der Waals surface area (Å²) in [7, 11) is -3.55. The van der Waals surface area contributed by atoms with Crippen molar-refractivity contribution in [1.29, 1.82) is 0 Å². The summed E-state index contributed by atoms with van der Waals surface area (Å²) >= 11 is 5.69. The second kappa shape index (κ2) is 10.2. The van der Waals surface area contributed by atoms with Crippen LogP contribution in [0.25, 0.3) is 0 Å². The topological polar surface area (TPSA) is 84.9 Å². The Morgan fingerprint density at radius 3 is 2.53 bits per heavy atom. The lowest BCUT2D eigenvalue weighted by molar-refractivity contribution is -0.120. The fourth-order valence-electron chi connectivity index (χ4n) is 2.90. The SMILES string of the molecule is O=C(Cc1ccc(Cl)cc1F)NCCOc1ccc(S(=O)(=O)N2CCOCC2)cc1. The van der Waals surface area contributed by atoms with Gasteiger partial charge in [-0.1, -0.05) is 17.7 Å². The number of carbonyl (C=O) groups excluding carboxylic acids is 1. The van der Waals surface area contributed by atoms with Crippen molar-refractivity contribution in [3.05, 3.63) is 58.9 Å². The van der Waals surface area contributed by atoms with E-state index < -0.39 is 15.8 Å². The normalized spacial score (nSPS) is 15.0. The predicted molar refractivity (Wildman–Crippen MR) is 110 cm³/mol. The van der Waals surface area contributed by atoms with Gasteiger partial charge in [0.05, 0.1) is 31.1 Å². The highest BCUT2D eigenvalue weighted by Crippen LogP contribution is 2.20. The predicted octanol–water partition coefficient (Wildman–Crippen LogP) is 2.24. The van der Waals surface area contributed by atoms with Crippen LogP contribution >= 0.6 is 11.6 Å². The Balaban J connectivity index is 1.44. The zero-order chi connectivity index (χ0) is 21.6. The Morgan fingerprint density at radius 1 is 1.17 bits per heavy atom. The van der Waals surface area contributed by atoms with Crippen molar-refractivity contribution in [1.82, 2.24) is 9.62 Å².